The van der Waals surface area contributed by atoms with Gasteiger partial charge in [0.1, 0.15) is 11.5 Å². The van der Waals surface area contributed by atoms with Crippen molar-refractivity contribution in [1.29, 1.82) is 0 Å². The molecule has 1 aromatic heterocycles. The summed E-state index contributed by atoms with van der Waals surface area (Å²) in [5.74, 6) is 2.16. The van der Waals surface area contributed by atoms with Crippen molar-refractivity contribution in [3.8, 4) is 11.3 Å². The standard InChI is InChI=1S/C24H34N2O3/c1-18(2)23-22(19-9-4-3-5-10-19)25-24(29-23)21-12-8-13-26(21)14-16-27-17-20-11-6-7-15-28-20/h3-5,9-10,18,20-21H,6-8,11-17H2,1-2H3/t20-,21+/m1/s1. The number of oxazole rings is 1. The van der Waals surface area contributed by atoms with Crippen molar-refractivity contribution in [2.24, 2.45) is 0 Å². The van der Waals surface area contributed by atoms with Crippen molar-refractivity contribution >= 4 is 0 Å². The third-order valence-electron chi connectivity index (χ3n) is 5.99. The molecular formula is C24H34N2O3. The van der Waals surface area contributed by atoms with E-state index in [2.05, 4.69) is 43.0 Å². The SMILES string of the molecule is CC(C)c1oc([C@@H]2CCCN2CCOC[C@H]2CCCCO2)nc1-c1ccccc1. The van der Waals surface area contributed by atoms with Gasteiger partial charge in [-0.1, -0.05) is 44.2 Å². The maximum Gasteiger partial charge on any atom is 0.212 e. The summed E-state index contributed by atoms with van der Waals surface area (Å²) in [7, 11) is 0. The minimum Gasteiger partial charge on any atom is -0.443 e. The molecule has 5 heteroatoms. The Bertz CT molecular complexity index is 753. The smallest absolute Gasteiger partial charge is 0.212 e. The molecule has 0 amide bonds. The summed E-state index contributed by atoms with van der Waals surface area (Å²) >= 11 is 0. The van der Waals surface area contributed by atoms with Crippen LogP contribution in [0.25, 0.3) is 11.3 Å². The Morgan fingerprint density at radius 3 is 2.76 bits per heavy atom. The first kappa shape index (κ1) is 20.6. The maximum absolute atomic E-state index is 6.33. The summed E-state index contributed by atoms with van der Waals surface area (Å²) in [5, 5.41) is 0. The first-order valence-electron chi connectivity index (χ1n) is 11.2. The van der Waals surface area contributed by atoms with Gasteiger partial charge in [0, 0.05) is 24.6 Å². The topological polar surface area (TPSA) is 47.7 Å². The minimum atomic E-state index is 0.250. The normalized spacial score (nSPS) is 23.1. The quantitative estimate of drug-likeness (QED) is 0.573. The maximum atomic E-state index is 6.33. The molecule has 158 valence electrons. The summed E-state index contributed by atoms with van der Waals surface area (Å²) < 4.78 is 18.0. The van der Waals surface area contributed by atoms with Crippen molar-refractivity contribution in [2.45, 2.75) is 64.0 Å². The molecule has 0 aliphatic carbocycles. The second-order valence-corrected chi connectivity index (χ2v) is 8.54. The van der Waals surface area contributed by atoms with Crippen molar-refractivity contribution < 1.29 is 13.9 Å². The predicted molar refractivity (Wildman–Crippen MR) is 114 cm³/mol. The number of hydrogen-bond donors (Lipinski definition) is 0. The van der Waals surface area contributed by atoms with Gasteiger partial charge in [0.05, 0.1) is 25.4 Å². The lowest BCUT2D eigenvalue weighted by atomic mass is 10.0. The van der Waals surface area contributed by atoms with E-state index >= 15 is 0 Å². The van der Waals surface area contributed by atoms with Crippen molar-refractivity contribution in [3.63, 3.8) is 0 Å². The van der Waals surface area contributed by atoms with E-state index in [1.165, 1.54) is 19.3 Å². The number of ether oxygens (including phenoxy) is 2. The van der Waals surface area contributed by atoms with Crippen LogP contribution in [0.2, 0.25) is 0 Å². The molecule has 29 heavy (non-hydrogen) atoms. The molecule has 5 nitrogen and oxygen atoms in total. The molecule has 2 aliphatic rings. The summed E-state index contributed by atoms with van der Waals surface area (Å²) in [5.41, 5.74) is 2.12. The van der Waals surface area contributed by atoms with Gasteiger partial charge in [0.25, 0.3) is 0 Å². The van der Waals surface area contributed by atoms with Gasteiger partial charge in [0.2, 0.25) is 5.89 Å². The van der Waals surface area contributed by atoms with Crippen molar-refractivity contribution in [2.75, 3.05) is 32.9 Å². The molecule has 2 fully saturated rings. The molecule has 0 N–H and O–H groups in total. The minimum absolute atomic E-state index is 0.250. The van der Waals surface area contributed by atoms with Crippen LogP contribution in [0.15, 0.2) is 34.7 Å². The van der Waals surface area contributed by atoms with Crippen LogP contribution in [0, 0.1) is 0 Å². The summed E-state index contributed by atoms with van der Waals surface area (Å²) in [6, 6.07) is 10.6. The molecule has 0 bridgehead atoms. The molecule has 2 aliphatic heterocycles. The zero-order valence-corrected chi connectivity index (χ0v) is 17.8. The Balaban J connectivity index is 1.39. The van der Waals surface area contributed by atoms with Gasteiger partial charge in [0.15, 0.2) is 0 Å². The Morgan fingerprint density at radius 2 is 2.00 bits per heavy atom. The van der Waals surface area contributed by atoms with Crippen LogP contribution in [0.3, 0.4) is 0 Å². The van der Waals surface area contributed by atoms with Gasteiger partial charge in [-0.2, -0.15) is 0 Å². The van der Waals surface area contributed by atoms with E-state index in [-0.39, 0.29) is 12.1 Å². The highest BCUT2D eigenvalue weighted by molar-refractivity contribution is 5.61. The summed E-state index contributed by atoms with van der Waals surface area (Å²) in [6.07, 6.45) is 6.13. The van der Waals surface area contributed by atoms with Crippen LogP contribution in [0.5, 0.6) is 0 Å². The molecule has 3 heterocycles. The largest absolute Gasteiger partial charge is 0.443 e. The van der Waals surface area contributed by atoms with Crippen LogP contribution in [0.1, 0.15) is 69.6 Å². The van der Waals surface area contributed by atoms with E-state index in [0.29, 0.717) is 12.5 Å². The van der Waals surface area contributed by atoms with Gasteiger partial charge in [-0.15, -0.1) is 0 Å². The third kappa shape index (κ3) is 5.08. The van der Waals surface area contributed by atoms with Crippen LogP contribution in [0.4, 0.5) is 0 Å². The lowest BCUT2D eigenvalue weighted by Crippen LogP contribution is -2.30. The molecule has 2 saturated heterocycles. The number of aromatic nitrogens is 1. The molecular weight excluding hydrogens is 364 g/mol. The molecule has 0 saturated carbocycles. The molecule has 4 rings (SSSR count). The lowest BCUT2D eigenvalue weighted by molar-refractivity contribution is -0.0440. The number of hydrogen-bond acceptors (Lipinski definition) is 5. The third-order valence-corrected chi connectivity index (χ3v) is 5.99. The molecule has 2 atom stereocenters. The van der Waals surface area contributed by atoms with Crippen molar-refractivity contribution in [1.82, 2.24) is 9.88 Å². The molecule has 0 radical (unpaired) electrons. The van der Waals surface area contributed by atoms with E-state index in [9.17, 15) is 0 Å². The van der Waals surface area contributed by atoms with Gasteiger partial charge in [-0.05, 0) is 38.6 Å². The van der Waals surface area contributed by atoms with Gasteiger partial charge in [-0.25, -0.2) is 4.98 Å². The number of benzene rings is 1. The number of likely N-dealkylation sites (tertiary alicyclic amines) is 1. The van der Waals surface area contributed by atoms with Gasteiger partial charge < -0.3 is 13.9 Å². The van der Waals surface area contributed by atoms with Crippen LogP contribution in [-0.4, -0.2) is 48.9 Å². The highest BCUT2D eigenvalue weighted by Crippen LogP contribution is 2.37. The highest BCUT2D eigenvalue weighted by atomic mass is 16.5. The van der Waals surface area contributed by atoms with Crippen molar-refractivity contribution in [3.05, 3.63) is 42.0 Å². The monoisotopic (exact) mass is 398 g/mol. The van der Waals surface area contributed by atoms with E-state index in [4.69, 9.17) is 18.9 Å². The summed E-state index contributed by atoms with van der Waals surface area (Å²) in [6.45, 7) is 8.67. The van der Waals surface area contributed by atoms with E-state index in [1.54, 1.807) is 0 Å². The first-order valence-corrected chi connectivity index (χ1v) is 11.2. The predicted octanol–water partition coefficient (Wildman–Crippen LogP) is 5.19. The average Bonchev–Trinajstić information content (AvgIpc) is 3.40. The summed E-state index contributed by atoms with van der Waals surface area (Å²) in [4.78, 5) is 7.43. The second kappa shape index (κ2) is 9.88. The van der Waals surface area contributed by atoms with Crippen LogP contribution < -0.4 is 0 Å². The average molecular weight is 399 g/mol. The Hall–Kier alpha value is -1.69. The first-order chi connectivity index (χ1) is 14.2. The fraction of sp³-hybridized carbons (Fsp3) is 0.625. The van der Waals surface area contributed by atoms with Crippen LogP contribution >= 0.6 is 0 Å². The van der Waals surface area contributed by atoms with Crippen LogP contribution in [-0.2, 0) is 9.47 Å². The fourth-order valence-electron chi connectivity index (χ4n) is 4.39. The Kier molecular flexibility index (Phi) is 7.01. The Morgan fingerprint density at radius 1 is 1.14 bits per heavy atom. The molecule has 2 aromatic rings. The highest BCUT2D eigenvalue weighted by Gasteiger charge is 2.31. The number of rotatable bonds is 8. The van der Waals surface area contributed by atoms with Gasteiger partial charge in [-0.3, -0.25) is 4.90 Å². The van der Waals surface area contributed by atoms with Gasteiger partial charge >= 0.3 is 0 Å². The van der Waals surface area contributed by atoms with E-state index < -0.39 is 0 Å². The lowest BCUT2D eigenvalue weighted by Gasteiger charge is -2.24. The Labute approximate surface area is 174 Å². The zero-order valence-electron chi connectivity index (χ0n) is 17.8. The molecule has 1 aromatic carbocycles. The van der Waals surface area contributed by atoms with E-state index in [1.807, 2.05) is 6.07 Å². The number of nitrogens with zero attached hydrogens (tertiary/aromatic N) is 2. The molecule has 0 unspecified atom stereocenters. The molecule has 0 spiro atoms. The van der Waals surface area contributed by atoms with E-state index in [0.717, 1.165) is 62.1 Å². The fourth-order valence-corrected chi connectivity index (χ4v) is 4.39. The second-order valence-electron chi connectivity index (χ2n) is 8.54. The zero-order chi connectivity index (χ0) is 20.1.